The summed E-state index contributed by atoms with van der Waals surface area (Å²) in [6.07, 6.45) is 0. The molecule has 0 fully saturated rings. The molecule has 200 valence electrons. The lowest BCUT2D eigenvalue weighted by atomic mass is 9.97. The van der Waals surface area contributed by atoms with Crippen LogP contribution in [-0.2, 0) is 0 Å². The van der Waals surface area contributed by atoms with Crippen LogP contribution in [0.3, 0.4) is 0 Å². The predicted molar refractivity (Wildman–Crippen MR) is 184 cm³/mol. The summed E-state index contributed by atoms with van der Waals surface area (Å²) in [5, 5.41) is 7.28. The van der Waals surface area contributed by atoms with Gasteiger partial charge < -0.3 is 0 Å². The number of rotatable bonds is 3. The zero-order valence-corrected chi connectivity index (χ0v) is 24.0. The molecule has 0 unspecified atom stereocenters. The minimum atomic E-state index is 0.894. The summed E-state index contributed by atoms with van der Waals surface area (Å²) in [6, 6.07) is 51.7. The van der Waals surface area contributed by atoms with Crippen LogP contribution >= 0.6 is 11.3 Å². The second-order valence-electron chi connectivity index (χ2n) is 10.9. The van der Waals surface area contributed by atoms with Gasteiger partial charge in [0.15, 0.2) is 0 Å². The first kappa shape index (κ1) is 24.2. The van der Waals surface area contributed by atoms with Crippen molar-refractivity contribution >= 4 is 64.1 Å². The molecule has 43 heavy (non-hydrogen) atoms. The minimum absolute atomic E-state index is 0.894. The van der Waals surface area contributed by atoms with Crippen LogP contribution < -0.4 is 0 Å². The fourth-order valence-electron chi connectivity index (χ4n) is 6.44. The molecule has 0 saturated heterocycles. The highest BCUT2D eigenvalue weighted by Gasteiger charge is 2.18. The Bertz CT molecular complexity index is 2490. The summed E-state index contributed by atoms with van der Waals surface area (Å²) in [5.41, 5.74) is 8.23. The van der Waals surface area contributed by atoms with Crippen LogP contribution in [0.2, 0.25) is 0 Å². The van der Waals surface area contributed by atoms with Crippen LogP contribution in [0.1, 0.15) is 0 Å². The Morgan fingerprint density at radius 2 is 0.837 bits per heavy atom. The van der Waals surface area contributed by atoms with Gasteiger partial charge in [-0.2, -0.15) is 0 Å². The van der Waals surface area contributed by atoms with Gasteiger partial charge in [-0.3, -0.25) is 0 Å². The smallest absolute Gasteiger partial charge is 0.0979 e. The first-order valence-electron chi connectivity index (χ1n) is 14.5. The Labute approximate surface area is 252 Å². The molecular formula is C40H24N2S. The molecule has 0 saturated carbocycles. The van der Waals surface area contributed by atoms with Gasteiger partial charge in [-0.15, -0.1) is 11.3 Å². The fraction of sp³-hybridized carbons (Fsp3) is 0. The molecule has 0 aliphatic carbocycles. The normalized spacial score (nSPS) is 11.7. The SMILES string of the molecule is c1ccc(-c2nc3c4ccccc4c4ccccc4c3nc2-c2ccc(-c3cccc4c3sc3ccccc34)cc2)cc1. The highest BCUT2D eigenvalue weighted by Crippen LogP contribution is 2.41. The molecule has 3 heteroatoms. The summed E-state index contributed by atoms with van der Waals surface area (Å²) < 4.78 is 2.64. The summed E-state index contributed by atoms with van der Waals surface area (Å²) >= 11 is 1.86. The maximum atomic E-state index is 5.42. The van der Waals surface area contributed by atoms with Crippen LogP contribution in [-0.4, -0.2) is 9.97 Å². The molecule has 9 aromatic rings. The van der Waals surface area contributed by atoms with Crippen molar-refractivity contribution in [2.75, 3.05) is 0 Å². The number of aromatic nitrogens is 2. The van der Waals surface area contributed by atoms with Crippen LogP contribution in [0, 0.1) is 0 Å². The molecule has 0 bridgehead atoms. The second kappa shape index (κ2) is 9.59. The van der Waals surface area contributed by atoms with Crippen molar-refractivity contribution in [1.82, 2.24) is 9.97 Å². The third-order valence-corrected chi connectivity index (χ3v) is 9.69. The van der Waals surface area contributed by atoms with Crippen molar-refractivity contribution in [1.29, 1.82) is 0 Å². The molecule has 0 aliphatic heterocycles. The van der Waals surface area contributed by atoms with Crippen LogP contribution in [0.5, 0.6) is 0 Å². The van der Waals surface area contributed by atoms with Crippen LogP contribution in [0.4, 0.5) is 0 Å². The van der Waals surface area contributed by atoms with E-state index >= 15 is 0 Å². The number of hydrogen-bond acceptors (Lipinski definition) is 3. The first-order chi connectivity index (χ1) is 21.3. The average Bonchev–Trinajstić information content (AvgIpc) is 3.47. The zero-order valence-electron chi connectivity index (χ0n) is 23.2. The summed E-state index contributed by atoms with van der Waals surface area (Å²) in [7, 11) is 0. The Morgan fingerprint density at radius 1 is 0.349 bits per heavy atom. The Hall–Kier alpha value is -5.38. The highest BCUT2D eigenvalue weighted by molar-refractivity contribution is 7.26. The van der Waals surface area contributed by atoms with Crippen molar-refractivity contribution in [3.05, 3.63) is 146 Å². The summed E-state index contributed by atoms with van der Waals surface area (Å²) in [5.74, 6) is 0. The number of hydrogen-bond donors (Lipinski definition) is 0. The number of benzene rings is 7. The molecule has 0 amide bonds. The van der Waals surface area contributed by atoms with E-state index in [0.717, 1.165) is 44.3 Å². The van der Waals surface area contributed by atoms with Gasteiger partial charge in [-0.1, -0.05) is 140 Å². The monoisotopic (exact) mass is 564 g/mol. The van der Waals surface area contributed by atoms with Gasteiger partial charge in [0.2, 0.25) is 0 Å². The molecule has 2 heterocycles. The third kappa shape index (κ3) is 3.79. The molecule has 2 aromatic heterocycles. The molecule has 2 nitrogen and oxygen atoms in total. The van der Waals surface area contributed by atoms with E-state index in [1.165, 1.54) is 42.1 Å². The molecule has 0 N–H and O–H groups in total. The Morgan fingerprint density at radius 3 is 1.49 bits per heavy atom. The Kier molecular flexibility index (Phi) is 5.40. The number of thiophene rings is 1. The van der Waals surface area contributed by atoms with Crippen molar-refractivity contribution in [2.24, 2.45) is 0 Å². The summed E-state index contributed by atoms with van der Waals surface area (Å²) in [6.45, 7) is 0. The maximum Gasteiger partial charge on any atom is 0.0979 e. The number of nitrogens with zero attached hydrogens (tertiary/aromatic N) is 2. The van der Waals surface area contributed by atoms with Crippen molar-refractivity contribution in [3.63, 3.8) is 0 Å². The molecule has 0 atom stereocenters. The van der Waals surface area contributed by atoms with E-state index in [2.05, 4.69) is 140 Å². The van der Waals surface area contributed by atoms with Crippen molar-refractivity contribution in [3.8, 4) is 33.6 Å². The lowest BCUT2D eigenvalue weighted by molar-refractivity contribution is 1.31. The standard InChI is InChI=1S/C40H24N2S/c1-2-11-26(12-3-1)36-37(42-39-33-17-7-5-14-30(33)29-13-4-6-16-32(29)38(39)41-36)27-23-21-25(22-24-27)28-18-10-19-34-31-15-8-9-20-35(31)43-40(28)34/h1-24H. The molecular weight excluding hydrogens is 541 g/mol. The van der Waals surface area contributed by atoms with E-state index in [1.54, 1.807) is 0 Å². The second-order valence-corrected chi connectivity index (χ2v) is 12.0. The van der Waals surface area contributed by atoms with Gasteiger partial charge in [0, 0.05) is 42.1 Å². The molecule has 0 aliphatic rings. The van der Waals surface area contributed by atoms with E-state index in [-0.39, 0.29) is 0 Å². The van der Waals surface area contributed by atoms with Gasteiger partial charge in [-0.25, -0.2) is 9.97 Å². The van der Waals surface area contributed by atoms with E-state index in [1.807, 2.05) is 17.4 Å². The van der Waals surface area contributed by atoms with E-state index in [9.17, 15) is 0 Å². The average molecular weight is 565 g/mol. The zero-order chi connectivity index (χ0) is 28.3. The lowest BCUT2D eigenvalue weighted by Gasteiger charge is -2.15. The molecule has 7 aromatic carbocycles. The first-order valence-corrected chi connectivity index (χ1v) is 15.3. The molecule has 0 spiro atoms. The van der Waals surface area contributed by atoms with Gasteiger partial charge >= 0.3 is 0 Å². The summed E-state index contributed by atoms with van der Waals surface area (Å²) in [4.78, 5) is 10.8. The van der Waals surface area contributed by atoms with E-state index < -0.39 is 0 Å². The van der Waals surface area contributed by atoms with Crippen LogP contribution in [0.25, 0.3) is 86.4 Å². The molecule has 9 rings (SSSR count). The van der Waals surface area contributed by atoms with Gasteiger partial charge in [0.25, 0.3) is 0 Å². The van der Waals surface area contributed by atoms with Gasteiger partial charge in [-0.05, 0) is 28.0 Å². The predicted octanol–water partition coefficient (Wildman–Crippen LogP) is 11.3. The largest absolute Gasteiger partial charge is 0.243 e. The maximum absolute atomic E-state index is 5.42. The third-order valence-electron chi connectivity index (χ3n) is 8.47. The molecule has 0 radical (unpaired) electrons. The van der Waals surface area contributed by atoms with E-state index in [0.29, 0.717) is 0 Å². The quantitative estimate of drug-likeness (QED) is 0.199. The minimum Gasteiger partial charge on any atom is -0.243 e. The van der Waals surface area contributed by atoms with Crippen LogP contribution in [0.15, 0.2) is 146 Å². The lowest BCUT2D eigenvalue weighted by Crippen LogP contribution is -1.97. The highest BCUT2D eigenvalue weighted by atomic mass is 32.1. The topological polar surface area (TPSA) is 25.8 Å². The Balaban J connectivity index is 1.28. The number of fused-ring (bicyclic) bond motifs is 9. The van der Waals surface area contributed by atoms with Gasteiger partial charge in [0.1, 0.15) is 0 Å². The van der Waals surface area contributed by atoms with Crippen molar-refractivity contribution in [2.45, 2.75) is 0 Å². The van der Waals surface area contributed by atoms with Gasteiger partial charge in [0.05, 0.1) is 22.4 Å². The van der Waals surface area contributed by atoms with E-state index in [4.69, 9.17) is 9.97 Å². The van der Waals surface area contributed by atoms with Crippen molar-refractivity contribution < 1.29 is 0 Å². The fourth-order valence-corrected chi connectivity index (χ4v) is 7.68.